The molecule has 0 bridgehead atoms. The molecule has 2 heterocycles. The number of benzene rings is 1. The Bertz CT molecular complexity index is 843. The Balaban J connectivity index is 1.77. The van der Waals surface area contributed by atoms with Crippen LogP contribution in [-0.2, 0) is 0 Å². The monoisotopic (exact) mass is 387 g/mol. The van der Waals surface area contributed by atoms with Crippen LogP contribution in [0.15, 0.2) is 12.1 Å². The molecule has 2 aromatic rings. The normalized spacial score (nSPS) is 15.9. The Morgan fingerprint density at radius 3 is 2.50 bits per heavy atom. The van der Waals surface area contributed by atoms with Gasteiger partial charge in [-0.1, -0.05) is 5.21 Å². The number of rotatable bonds is 6. The van der Waals surface area contributed by atoms with E-state index in [2.05, 4.69) is 20.9 Å². The molecule has 0 radical (unpaired) electrons. The van der Waals surface area contributed by atoms with Crippen molar-refractivity contribution in [2.24, 2.45) is 0 Å². The Morgan fingerprint density at radius 1 is 1.21 bits per heavy atom. The highest BCUT2D eigenvalue weighted by Gasteiger charge is 2.24. The molecule has 28 heavy (non-hydrogen) atoms. The number of hydrogen-bond acceptors (Lipinski definition) is 6. The van der Waals surface area contributed by atoms with Crippen molar-refractivity contribution < 1.29 is 14.3 Å². The third-order valence-corrected chi connectivity index (χ3v) is 5.38. The molecule has 8 nitrogen and oxygen atoms in total. The maximum Gasteiger partial charge on any atom is 0.274 e. The second-order valence-electron chi connectivity index (χ2n) is 7.21. The van der Waals surface area contributed by atoms with E-state index >= 15 is 0 Å². The first-order valence-corrected chi connectivity index (χ1v) is 9.62. The van der Waals surface area contributed by atoms with Crippen molar-refractivity contribution in [1.29, 1.82) is 0 Å². The van der Waals surface area contributed by atoms with E-state index in [1.165, 1.54) is 0 Å². The standard InChI is InChI=1S/C20H29N5O3/c1-12-10-17(27-4)18(28-5)11-16(12)13(2)22-20(26)19-14(3)25(24-23-19)15-6-8-21-9-7-15/h10-11,13,15,21H,6-9H2,1-5H3,(H,22,26). The summed E-state index contributed by atoms with van der Waals surface area (Å²) in [5.41, 5.74) is 3.17. The van der Waals surface area contributed by atoms with Gasteiger partial charge in [-0.05, 0) is 70.0 Å². The fraction of sp³-hybridized carbons (Fsp3) is 0.550. The lowest BCUT2D eigenvalue weighted by Crippen LogP contribution is -2.31. The van der Waals surface area contributed by atoms with Crippen LogP contribution in [-0.4, -0.2) is 48.2 Å². The summed E-state index contributed by atoms with van der Waals surface area (Å²) in [6.07, 6.45) is 1.99. The number of piperidine rings is 1. The zero-order valence-electron chi connectivity index (χ0n) is 17.2. The summed E-state index contributed by atoms with van der Waals surface area (Å²) in [6, 6.07) is 3.89. The molecule has 0 aliphatic carbocycles. The van der Waals surface area contributed by atoms with E-state index in [1.807, 2.05) is 37.6 Å². The highest BCUT2D eigenvalue weighted by Crippen LogP contribution is 2.33. The predicted octanol–water partition coefficient (Wildman–Crippen LogP) is 2.33. The number of aromatic nitrogens is 3. The fourth-order valence-corrected chi connectivity index (χ4v) is 3.75. The van der Waals surface area contributed by atoms with Gasteiger partial charge in [-0.3, -0.25) is 4.79 Å². The molecule has 0 saturated carbocycles. The van der Waals surface area contributed by atoms with Gasteiger partial charge in [-0.25, -0.2) is 4.68 Å². The second kappa shape index (κ2) is 8.60. The molecule has 1 aromatic carbocycles. The minimum absolute atomic E-state index is 0.212. The summed E-state index contributed by atoms with van der Waals surface area (Å²) in [5, 5.41) is 14.8. The number of aryl methyl sites for hydroxylation is 1. The minimum atomic E-state index is -0.223. The quantitative estimate of drug-likeness (QED) is 0.791. The van der Waals surface area contributed by atoms with E-state index in [4.69, 9.17) is 9.47 Å². The van der Waals surface area contributed by atoms with Crippen LogP contribution in [0.2, 0.25) is 0 Å². The second-order valence-corrected chi connectivity index (χ2v) is 7.21. The molecule has 1 fully saturated rings. The zero-order valence-corrected chi connectivity index (χ0v) is 17.2. The van der Waals surface area contributed by atoms with Gasteiger partial charge in [0, 0.05) is 0 Å². The van der Waals surface area contributed by atoms with Gasteiger partial charge in [0.2, 0.25) is 0 Å². The van der Waals surface area contributed by atoms with E-state index in [1.54, 1.807) is 14.2 Å². The van der Waals surface area contributed by atoms with Crippen molar-refractivity contribution in [2.75, 3.05) is 27.3 Å². The van der Waals surface area contributed by atoms with Gasteiger partial charge >= 0.3 is 0 Å². The highest BCUT2D eigenvalue weighted by atomic mass is 16.5. The third-order valence-electron chi connectivity index (χ3n) is 5.38. The average Bonchev–Trinajstić information content (AvgIpc) is 3.09. The van der Waals surface area contributed by atoms with Gasteiger partial charge in [-0.2, -0.15) is 0 Å². The van der Waals surface area contributed by atoms with Gasteiger partial charge in [0.1, 0.15) is 0 Å². The van der Waals surface area contributed by atoms with Crippen LogP contribution in [0.3, 0.4) is 0 Å². The maximum absolute atomic E-state index is 12.8. The predicted molar refractivity (Wildman–Crippen MR) is 106 cm³/mol. The van der Waals surface area contributed by atoms with E-state index in [0.29, 0.717) is 23.2 Å². The molecule has 1 aliphatic rings. The van der Waals surface area contributed by atoms with Crippen LogP contribution in [0.4, 0.5) is 0 Å². The molecule has 1 unspecified atom stereocenters. The van der Waals surface area contributed by atoms with E-state index in [-0.39, 0.29) is 11.9 Å². The maximum atomic E-state index is 12.8. The van der Waals surface area contributed by atoms with E-state index < -0.39 is 0 Å². The summed E-state index contributed by atoms with van der Waals surface area (Å²) >= 11 is 0. The smallest absolute Gasteiger partial charge is 0.274 e. The average molecular weight is 387 g/mol. The van der Waals surface area contributed by atoms with Crippen LogP contribution in [0.1, 0.15) is 59.2 Å². The van der Waals surface area contributed by atoms with E-state index in [9.17, 15) is 4.79 Å². The summed E-state index contributed by atoms with van der Waals surface area (Å²) in [5.74, 6) is 1.08. The Labute approximate surface area is 165 Å². The summed E-state index contributed by atoms with van der Waals surface area (Å²) in [4.78, 5) is 12.8. The molecule has 1 aliphatic heterocycles. The van der Waals surface area contributed by atoms with Gasteiger partial charge in [0.25, 0.3) is 5.91 Å². The molecule has 1 saturated heterocycles. The Morgan fingerprint density at radius 2 is 1.86 bits per heavy atom. The first-order valence-electron chi connectivity index (χ1n) is 9.62. The van der Waals surface area contributed by atoms with Crippen molar-refractivity contribution >= 4 is 5.91 Å². The summed E-state index contributed by atoms with van der Waals surface area (Å²) in [7, 11) is 3.21. The van der Waals surface area contributed by atoms with Gasteiger partial charge < -0.3 is 20.1 Å². The first kappa shape index (κ1) is 20.1. The van der Waals surface area contributed by atoms with Crippen LogP contribution in [0, 0.1) is 13.8 Å². The molecular weight excluding hydrogens is 358 g/mol. The van der Waals surface area contributed by atoms with Crippen LogP contribution in [0.25, 0.3) is 0 Å². The number of hydrogen-bond donors (Lipinski definition) is 2. The number of nitrogens with zero attached hydrogens (tertiary/aromatic N) is 3. The van der Waals surface area contributed by atoms with Gasteiger partial charge in [0.15, 0.2) is 17.2 Å². The highest BCUT2D eigenvalue weighted by molar-refractivity contribution is 5.93. The number of amides is 1. The van der Waals surface area contributed by atoms with Crippen molar-refractivity contribution in [3.8, 4) is 11.5 Å². The molecule has 2 N–H and O–H groups in total. The number of methoxy groups -OCH3 is 2. The Hall–Kier alpha value is -2.61. The van der Waals surface area contributed by atoms with Crippen LogP contribution >= 0.6 is 0 Å². The topological polar surface area (TPSA) is 90.3 Å². The molecule has 1 aromatic heterocycles. The van der Waals surface area contributed by atoms with Crippen LogP contribution in [0.5, 0.6) is 11.5 Å². The summed E-state index contributed by atoms with van der Waals surface area (Å²) in [6.45, 7) is 7.75. The Kier molecular flexibility index (Phi) is 6.18. The first-order chi connectivity index (χ1) is 13.5. The SMILES string of the molecule is COc1cc(C)c(C(C)NC(=O)c2nnn(C3CCNCC3)c2C)cc1OC. The molecule has 1 amide bonds. The fourth-order valence-electron chi connectivity index (χ4n) is 3.75. The number of carbonyl (C=O) groups is 1. The lowest BCUT2D eigenvalue weighted by Gasteiger charge is -2.23. The molecular formula is C20H29N5O3. The number of ether oxygens (including phenoxy) is 2. The minimum Gasteiger partial charge on any atom is -0.493 e. The van der Waals surface area contributed by atoms with Crippen molar-refractivity contribution in [3.05, 3.63) is 34.6 Å². The number of carbonyl (C=O) groups excluding carboxylic acids is 1. The van der Waals surface area contributed by atoms with Crippen molar-refractivity contribution in [1.82, 2.24) is 25.6 Å². The lowest BCUT2D eigenvalue weighted by atomic mass is 10.0. The number of nitrogens with one attached hydrogen (secondary N) is 2. The summed E-state index contributed by atoms with van der Waals surface area (Å²) < 4.78 is 12.6. The molecule has 0 spiro atoms. The van der Waals surface area contributed by atoms with Crippen molar-refractivity contribution in [3.63, 3.8) is 0 Å². The lowest BCUT2D eigenvalue weighted by molar-refractivity contribution is 0.0934. The zero-order chi connectivity index (χ0) is 20.3. The third kappa shape index (κ3) is 3.96. The molecule has 8 heteroatoms. The molecule has 3 rings (SSSR count). The largest absolute Gasteiger partial charge is 0.493 e. The van der Waals surface area contributed by atoms with Gasteiger partial charge in [-0.15, -0.1) is 5.10 Å². The van der Waals surface area contributed by atoms with Gasteiger partial charge in [0.05, 0.1) is 32.0 Å². The molecule has 1 atom stereocenters. The van der Waals surface area contributed by atoms with Crippen molar-refractivity contribution in [2.45, 2.75) is 45.7 Å². The van der Waals surface area contributed by atoms with Crippen LogP contribution < -0.4 is 20.1 Å². The molecule has 152 valence electrons. The van der Waals surface area contributed by atoms with E-state index in [0.717, 1.165) is 42.8 Å².